The van der Waals surface area contributed by atoms with Crippen LogP contribution in [-0.2, 0) is 4.79 Å². The Bertz CT molecular complexity index is 991. The maximum absolute atomic E-state index is 12.2. The van der Waals surface area contributed by atoms with Gasteiger partial charge in [-0.25, -0.2) is 0 Å². The minimum atomic E-state index is -0.517. The van der Waals surface area contributed by atoms with Gasteiger partial charge >= 0.3 is 6.01 Å². The van der Waals surface area contributed by atoms with Crippen molar-refractivity contribution in [3.05, 3.63) is 41.7 Å². The summed E-state index contributed by atoms with van der Waals surface area (Å²) in [6.07, 6.45) is 6.18. The largest absolute Gasteiger partial charge is 0.493 e. The average Bonchev–Trinajstić information content (AvgIpc) is 3.38. The molecule has 1 amide bonds. The van der Waals surface area contributed by atoms with Crippen LogP contribution in [0, 0.1) is 11.8 Å². The Balaban J connectivity index is 1.20. The van der Waals surface area contributed by atoms with Crippen molar-refractivity contribution in [1.82, 2.24) is 15.5 Å². The molecule has 2 aromatic rings. The second-order valence-electron chi connectivity index (χ2n) is 10.2. The fourth-order valence-electron chi connectivity index (χ4n) is 4.59. The summed E-state index contributed by atoms with van der Waals surface area (Å²) in [5, 5.41) is 16.2. The molecule has 0 bridgehead atoms. The number of hydrogen-bond donors (Lipinski definition) is 2. The molecule has 2 heterocycles. The highest BCUT2D eigenvalue weighted by molar-refractivity contribution is 5.80. The van der Waals surface area contributed by atoms with Crippen LogP contribution in [0.5, 0.6) is 5.75 Å². The number of amides is 1. The zero-order valence-electron chi connectivity index (χ0n) is 21.1. The molecule has 2 aliphatic rings. The van der Waals surface area contributed by atoms with Gasteiger partial charge in [-0.2, -0.15) is 4.98 Å². The number of nitrogens with zero attached hydrogens (tertiary/aromatic N) is 3. The Labute approximate surface area is 207 Å². The van der Waals surface area contributed by atoms with E-state index >= 15 is 0 Å². The Morgan fingerprint density at radius 1 is 1.20 bits per heavy atom. The van der Waals surface area contributed by atoms with Gasteiger partial charge < -0.3 is 24.6 Å². The van der Waals surface area contributed by atoms with Crippen LogP contribution in [-0.4, -0.2) is 53.5 Å². The van der Waals surface area contributed by atoms with Gasteiger partial charge in [0.05, 0.1) is 12.7 Å². The van der Waals surface area contributed by atoms with Crippen molar-refractivity contribution in [2.24, 2.45) is 11.8 Å². The lowest BCUT2D eigenvalue weighted by Crippen LogP contribution is -2.35. The number of benzene rings is 1. The number of anilines is 1. The number of ether oxygens (including phenoxy) is 1. The average molecular weight is 483 g/mol. The molecule has 0 spiro atoms. The maximum Gasteiger partial charge on any atom is 0.324 e. The second-order valence-corrected chi connectivity index (χ2v) is 10.2. The molecule has 2 N–H and O–H groups in total. The minimum Gasteiger partial charge on any atom is -0.493 e. The van der Waals surface area contributed by atoms with Crippen LogP contribution in [0.15, 0.2) is 34.9 Å². The molecule has 8 nitrogen and oxygen atoms in total. The molecule has 0 saturated carbocycles. The smallest absolute Gasteiger partial charge is 0.324 e. The Hall–Kier alpha value is -2.87. The Morgan fingerprint density at radius 3 is 2.54 bits per heavy atom. The lowest BCUT2D eigenvalue weighted by molar-refractivity contribution is -0.125. The van der Waals surface area contributed by atoms with E-state index in [1.807, 2.05) is 12.1 Å². The van der Waals surface area contributed by atoms with Crippen LogP contribution in [0.2, 0.25) is 0 Å². The third-order valence-corrected chi connectivity index (χ3v) is 6.90. The Kier molecular flexibility index (Phi) is 8.44. The molecule has 1 aromatic heterocycles. The summed E-state index contributed by atoms with van der Waals surface area (Å²) in [5.41, 5.74) is 2.47. The number of aliphatic hydroxyl groups excluding tert-OH is 1. The van der Waals surface area contributed by atoms with Crippen LogP contribution in [0.1, 0.15) is 70.2 Å². The fourth-order valence-corrected chi connectivity index (χ4v) is 4.59. The summed E-state index contributed by atoms with van der Waals surface area (Å²) < 4.78 is 11.5. The first-order valence-corrected chi connectivity index (χ1v) is 12.9. The van der Waals surface area contributed by atoms with Gasteiger partial charge in [-0.3, -0.25) is 4.79 Å². The van der Waals surface area contributed by atoms with E-state index in [2.05, 4.69) is 52.4 Å². The lowest BCUT2D eigenvalue weighted by Gasteiger charge is -2.30. The second kappa shape index (κ2) is 11.7. The Morgan fingerprint density at radius 2 is 1.94 bits per heavy atom. The normalized spacial score (nSPS) is 20.0. The van der Waals surface area contributed by atoms with Gasteiger partial charge in [0, 0.05) is 31.5 Å². The first-order valence-electron chi connectivity index (χ1n) is 12.9. The number of rotatable bonds is 9. The molecular formula is C27H38N4O4. The monoisotopic (exact) mass is 482 g/mol. The number of allylic oxidation sites excluding steroid dienone is 2. The molecule has 0 radical (unpaired) electrons. The summed E-state index contributed by atoms with van der Waals surface area (Å²) in [5.74, 6) is 2.45. The van der Waals surface area contributed by atoms with E-state index in [0.717, 1.165) is 56.8 Å². The fraction of sp³-hybridized carbons (Fsp3) is 0.593. The van der Waals surface area contributed by atoms with Gasteiger partial charge in [-0.05, 0) is 68.2 Å². The summed E-state index contributed by atoms with van der Waals surface area (Å²) >= 11 is 0. The highest BCUT2D eigenvalue weighted by Gasteiger charge is 2.24. The molecule has 8 heteroatoms. The molecule has 1 aromatic carbocycles. The van der Waals surface area contributed by atoms with Crippen LogP contribution in [0.3, 0.4) is 0 Å². The van der Waals surface area contributed by atoms with E-state index in [0.29, 0.717) is 25.1 Å². The van der Waals surface area contributed by atoms with E-state index in [4.69, 9.17) is 9.26 Å². The SMILES string of the molecule is CC(O)CNC(=O)C1CC=C(c2ccc(OCC3CCN(c4nc(C(C)C)no4)CC3)cc2)CC1. The minimum absolute atomic E-state index is 0.0105. The van der Waals surface area contributed by atoms with Crippen molar-refractivity contribution in [3.63, 3.8) is 0 Å². The molecule has 1 saturated heterocycles. The van der Waals surface area contributed by atoms with Crippen molar-refractivity contribution in [3.8, 4) is 5.75 Å². The topological polar surface area (TPSA) is 101 Å². The van der Waals surface area contributed by atoms with Crippen molar-refractivity contribution in [2.75, 3.05) is 31.1 Å². The number of nitrogens with one attached hydrogen (secondary N) is 1. The number of piperidine rings is 1. The molecule has 2 atom stereocenters. The van der Waals surface area contributed by atoms with Crippen molar-refractivity contribution in [1.29, 1.82) is 0 Å². The first kappa shape index (κ1) is 25.2. The molecule has 1 aliphatic heterocycles. The van der Waals surface area contributed by atoms with Crippen molar-refractivity contribution in [2.45, 2.75) is 64.9 Å². The quantitative estimate of drug-likeness (QED) is 0.553. The van der Waals surface area contributed by atoms with Crippen molar-refractivity contribution >= 4 is 17.5 Å². The summed E-state index contributed by atoms with van der Waals surface area (Å²) in [7, 11) is 0. The van der Waals surface area contributed by atoms with Crippen LogP contribution >= 0.6 is 0 Å². The van der Waals surface area contributed by atoms with Gasteiger partial charge in [0.15, 0.2) is 5.82 Å². The van der Waals surface area contributed by atoms with Gasteiger partial charge in [0.25, 0.3) is 0 Å². The third-order valence-electron chi connectivity index (χ3n) is 6.90. The van der Waals surface area contributed by atoms with E-state index in [1.165, 1.54) is 11.1 Å². The highest BCUT2D eigenvalue weighted by atomic mass is 16.5. The molecule has 2 unspecified atom stereocenters. The van der Waals surface area contributed by atoms with E-state index in [1.54, 1.807) is 6.92 Å². The predicted molar refractivity (Wildman–Crippen MR) is 135 cm³/mol. The van der Waals surface area contributed by atoms with Gasteiger partial charge in [-0.15, -0.1) is 0 Å². The number of aliphatic hydroxyl groups is 1. The summed E-state index contributed by atoms with van der Waals surface area (Å²) in [6, 6.07) is 8.93. The third kappa shape index (κ3) is 6.84. The number of hydrogen-bond acceptors (Lipinski definition) is 7. The predicted octanol–water partition coefficient (Wildman–Crippen LogP) is 4.17. The van der Waals surface area contributed by atoms with E-state index < -0.39 is 6.10 Å². The van der Waals surface area contributed by atoms with Gasteiger partial charge in [0.1, 0.15) is 5.75 Å². The van der Waals surface area contributed by atoms with Crippen molar-refractivity contribution < 1.29 is 19.2 Å². The van der Waals surface area contributed by atoms with Crippen LogP contribution < -0.4 is 15.0 Å². The van der Waals surface area contributed by atoms with Crippen LogP contribution in [0.4, 0.5) is 6.01 Å². The molecular weight excluding hydrogens is 444 g/mol. The van der Waals surface area contributed by atoms with E-state index in [9.17, 15) is 9.90 Å². The molecule has 4 rings (SSSR count). The number of aromatic nitrogens is 2. The van der Waals surface area contributed by atoms with Gasteiger partial charge in [-0.1, -0.05) is 37.2 Å². The van der Waals surface area contributed by atoms with E-state index in [-0.39, 0.29) is 17.7 Å². The molecule has 190 valence electrons. The summed E-state index contributed by atoms with van der Waals surface area (Å²) in [6.45, 7) is 8.63. The lowest BCUT2D eigenvalue weighted by atomic mass is 9.86. The highest BCUT2D eigenvalue weighted by Crippen LogP contribution is 2.31. The number of carbonyl (C=O) groups is 1. The summed E-state index contributed by atoms with van der Waals surface area (Å²) in [4.78, 5) is 18.9. The standard InChI is InChI=1S/C27H38N4O4/c1-18(2)25-29-27(35-30-25)31-14-12-20(13-15-31)17-34-24-10-8-22(9-11-24)21-4-6-23(7-5-21)26(33)28-16-19(3)32/h4,8-11,18-20,23,32H,5-7,12-17H2,1-3H3,(H,28,33). The van der Waals surface area contributed by atoms with Crippen LogP contribution in [0.25, 0.3) is 5.57 Å². The van der Waals surface area contributed by atoms with Gasteiger partial charge in [0.2, 0.25) is 5.91 Å². The molecule has 35 heavy (non-hydrogen) atoms. The first-order chi connectivity index (χ1) is 16.9. The maximum atomic E-state index is 12.2. The number of carbonyl (C=O) groups excluding carboxylic acids is 1. The molecule has 1 aliphatic carbocycles. The zero-order valence-corrected chi connectivity index (χ0v) is 21.1. The molecule has 1 fully saturated rings. The zero-order chi connectivity index (χ0) is 24.8.